The van der Waals surface area contributed by atoms with E-state index in [0.29, 0.717) is 6.42 Å². The molecule has 1 heterocycles. The fourth-order valence-electron chi connectivity index (χ4n) is 1.67. The Balaban J connectivity index is 2.12. The Kier molecular flexibility index (Phi) is 4.79. The SMILES string of the molecule is NS(=O)(=O)c1cccc(S(=O)(=O)NCCc2cccs2)c1. The van der Waals surface area contributed by atoms with Gasteiger partial charge in [0.1, 0.15) is 0 Å². The Morgan fingerprint density at radius 3 is 2.38 bits per heavy atom. The van der Waals surface area contributed by atoms with Crippen molar-refractivity contribution in [3.8, 4) is 0 Å². The summed E-state index contributed by atoms with van der Waals surface area (Å²) in [7, 11) is -7.69. The highest BCUT2D eigenvalue weighted by Crippen LogP contribution is 2.15. The van der Waals surface area contributed by atoms with Crippen molar-refractivity contribution in [2.75, 3.05) is 6.54 Å². The molecule has 0 aliphatic carbocycles. The van der Waals surface area contributed by atoms with E-state index in [2.05, 4.69) is 4.72 Å². The Bertz CT molecular complexity index is 812. The van der Waals surface area contributed by atoms with Gasteiger partial charge in [0.2, 0.25) is 20.0 Å². The van der Waals surface area contributed by atoms with Crippen molar-refractivity contribution >= 4 is 31.4 Å². The predicted octanol–water partition coefficient (Wildman–Crippen LogP) is 0.917. The molecule has 0 spiro atoms. The van der Waals surface area contributed by atoms with E-state index in [0.717, 1.165) is 10.9 Å². The maximum atomic E-state index is 12.1. The zero-order valence-corrected chi connectivity index (χ0v) is 13.3. The normalized spacial score (nSPS) is 12.4. The fraction of sp³-hybridized carbons (Fsp3) is 0.167. The van der Waals surface area contributed by atoms with E-state index in [1.54, 1.807) is 11.3 Å². The van der Waals surface area contributed by atoms with Crippen LogP contribution in [0.15, 0.2) is 51.6 Å². The molecule has 21 heavy (non-hydrogen) atoms. The molecule has 1 aromatic carbocycles. The quantitative estimate of drug-likeness (QED) is 0.811. The topological polar surface area (TPSA) is 106 Å². The number of thiophene rings is 1. The molecule has 114 valence electrons. The zero-order chi connectivity index (χ0) is 15.5. The van der Waals surface area contributed by atoms with Crippen molar-refractivity contribution < 1.29 is 16.8 Å². The second kappa shape index (κ2) is 6.24. The summed E-state index contributed by atoms with van der Waals surface area (Å²) in [6.45, 7) is 0.239. The summed E-state index contributed by atoms with van der Waals surface area (Å²) in [5.74, 6) is 0. The van der Waals surface area contributed by atoms with Crippen molar-refractivity contribution in [2.45, 2.75) is 16.2 Å². The number of nitrogens with two attached hydrogens (primary N) is 1. The summed E-state index contributed by atoms with van der Waals surface area (Å²) in [5, 5.41) is 6.91. The van der Waals surface area contributed by atoms with Gasteiger partial charge in [0.25, 0.3) is 0 Å². The van der Waals surface area contributed by atoms with Gasteiger partial charge in [-0.15, -0.1) is 11.3 Å². The molecule has 6 nitrogen and oxygen atoms in total. The van der Waals surface area contributed by atoms with Gasteiger partial charge < -0.3 is 0 Å². The fourth-order valence-corrected chi connectivity index (χ4v) is 4.09. The standard InChI is InChI=1S/C12H14N2O4S3/c13-20(15,16)11-4-1-5-12(9-11)21(17,18)14-7-6-10-3-2-8-19-10/h1-5,8-9,14H,6-7H2,(H2,13,15,16). The Hall–Kier alpha value is -1.26. The van der Waals surface area contributed by atoms with Crippen LogP contribution in [0.25, 0.3) is 0 Å². The number of rotatable bonds is 6. The maximum absolute atomic E-state index is 12.1. The van der Waals surface area contributed by atoms with Crippen LogP contribution in [0.4, 0.5) is 0 Å². The number of sulfonamides is 2. The minimum absolute atomic E-state index is 0.125. The molecule has 0 atom stereocenters. The van der Waals surface area contributed by atoms with Crippen LogP contribution in [0.5, 0.6) is 0 Å². The summed E-state index contributed by atoms with van der Waals surface area (Å²) in [5.41, 5.74) is 0. The lowest BCUT2D eigenvalue weighted by atomic mass is 10.3. The molecule has 3 N–H and O–H groups in total. The number of nitrogens with one attached hydrogen (secondary N) is 1. The molecule has 2 aromatic rings. The summed E-state index contributed by atoms with van der Waals surface area (Å²) in [4.78, 5) is 0.708. The number of benzene rings is 1. The number of primary sulfonamides is 1. The summed E-state index contributed by atoms with van der Waals surface area (Å²) in [6.07, 6.45) is 0.575. The highest BCUT2D eigenvalue weighted by Gasteiger charge is 2.16. The average Bonchev–Trinajstić information content (AvgIpc) is 2.91. The molecule has 0 unspecified atom stereocenters. The monoisotopic (exact) mass is 346 g/mol. The van der Waals surface area contributed by atoms with Gasteiger partial charge in [-0.2, -0.15) is 0 Å². The highest BCUT2D eigenvalue weighted by atomic mass is 32.2. The Labute approximate surface area is 127 Å². The van der Waals surface area contributed by atoms with Gasteiger partial charge in [-0.3, -0.25) is 0 Å². The molecule has 0 amide bonds. The van der Waals surface area contributed by atoms with Gasteiger partial charge in [-0.05, 0) is 36.1 Å². The third-order valence-electron chi connectivity index (χ3n) is 2.69. The Morgan fingerprint density at radius 1 is 1.05 bits per heavy atom. The van der Waals surface area contributed by atoms with E-state index in [1.165, 1.54) is 18.2 Å². The summed E-state index contributed by atoms with van der Waals surface area (Å²) >= 11 is 1.54. The minimum Gasteiger partial charge on any atom is -0.225 e. The van der Waals surface area contributed by atoms with E-state index >= 15 is 0 Å². The molecule has 2 rings (SSSR count). The molecule has 0 saturated carbocycles. The molecule has 0 bridgehead atoms. The van der Waals surface area contributed by atoms with E-state index < -0.39 is 20.0 Å². The Morgan fingerprint density at radius 2 is 1.76 bits per heavy atom. The predicted molar refractivity (Wildman–Crippen MR) is 81.0 cm³/mol. The van der Waals surface area contributed by atoms with E-state index in [4.69, 9.17) is 5.14 Å². The lowest BCUT2D eigenvalue weighted by Gasteiger charge is -2.07. The van der Waals surface area contributed by atoms with E-state index in [-0.39, 0.29) is 16.3 Å². The first kappa shape index (κ1) is 16.1. The van der Waals surface area contributed by atoms with Crippen molar-refractivity contribution in [2.24, 2.45) is 5.14 Å². The summed E-state index contributed by atoms with van der Waals surface area (Å²) < 4.78 is 49.1. The molecule has 0 radical (unpaired) electrons. The van der Waals surface area contributed by atoms with Gasteiger partial charge >= 0.3 is 0 Å². The first-order valence-corrected chi connectivity index (χ1v) is 9.85. The molecule has 1 aromatic heterocycles. The highest BCUT2D eigenvalue weighted by molar-refractivity contribution is 7.90. The van der Waals surface area contributed by atoms with Gasteiger partial charge in [-0.25, -0.2) is 26.7 Å². The first-order chi connectivity index (χ1) is 9.79. The third-order valence-corrected chi connectivity index (χ3v) is 5.99. The van der Waals surface area contributed by atoms with Crippen molar-refractivity contribution in [1.29, 1.82) is 0 Å². The zero-order valence-electron chi connectivity index (χ0n) is 10.9. The molecule has 9 heteroatoms. The lowest BCUT2D eigenvalue weighted by Crippen LogP contribution is -2.26. The van der Waals surface area contributed by atoms with Crippen molar-refractivity contribution in [3.05, 3.63) is 46.7 Å². The molecular weight excluding hydrogens is 332 g/mol. The van der Waals surface area contributed by atoms with Crippen LogP contribution in [-0.2, 0) is 26.5 Å². The van der Waals surface area contributed by atoms with Crippen molar-refractivity contribution in [1.82, 2.24) is 4.72 Å². The van der Waals surface area contributed by atoms with Crippen molar-refractivity contribution in [3.63, 3.8) is 0 Å². The third kappa shape index (κ3) is 4.35. The van der Waals surface area contributed by atoms with E-state index in [9.17, 15) is 16.8 Å². The first-order valence-electron chi connectivity index (χ1n) is 5.94. The summed E-state index contributed by atoms with van der Waals surface area (Å²) in [6, 6.07) is 8.77. The van der Waals surface area contributed by atoms with Crippen LogP contribution >= 0.6 is 11.3 Å². The largest absolute Gasteiger partial charge is 0.240 e. The second-order valence-electron chi connectivity index (χ2n) is 4.25. The van der Waals surface area contributed by atoms with Gasteiger partial charge in [-0.1, -0.05) is 12.1 Å². The average molecular weight is 346 g/mol. The van der Waals surface area contributed by atoms with Crippen LogP contribution in [0.3, 0.4) is 0 Å². The molecule has 0 aliphatic heterocycles. The smallest absolute Gasteiger partial charge is 0.225 e. The maximum Gasteiger partial charge on any atom is 0.240 e. The molecular formula is C12H14N2O4S3. The second-order valence-corrected chi connectivity index (χ2v) is 8.61. The van der Waals surface area contributed by atoms with Gasteiger partial charge in [0.15, 0.2) is 0 Å². The number of hydrogen-bond acceptors (Lipinski definition) is 5. The molecule has 0 saturated heterocycles. The lowest BCUT2D eigenvalue weighted by molar-refractivity contribution is 0.581. The molecule has 0 fully saturated rings. The molecule has 0 aliphatic rings. The van der Waals surface area contributed by atoms with Crippen LogP contribution < -0.4 is 9.86 Å². The van der Waals surface area contributed by atoms with Gasteiger partial charge in [0.05, 0.1) is 9.79 Å². The van der Waals surface area contributed by atoms with Crippen LogP contribution in [-0.4, -0.2) is 23.4 Å². The minimum atomic E-state index is -3.93. The van der Waals surface area contributed by atoms with E-state index in [1.807, 2.05) is 17.5 Å². The number of hydrogen-bond donors (Lipinski definition) is 2. The van der Waals surface area contributed by atoms with Crippen LogP contribution in [0.2, 0.25) is 0 Å². The van der Waals surface area contributed by atoms with Crippen LogP contribution in [0.1, 0.15) is 4.88 Å². The van der Waals surface area contributed by atoms with Crippen LogP contribution in [0, 0.1) is 0 Å². The van der Waals surface area contributed by atoms with Gasteiger partial charge in [0, 0.05) is 11.4 Å².